The molecule has 0 aliphatic heterocycles. The molecule has 4 heteroatoms. The molecule has 0 aliphatic rings. The zero-order chi connectivity index (χ0) is 13.8. The van der Waals surface area contributed by atoms with E-state index >= 15 is 0 Å². The Balaban J connectivity index is 2.26. The Morgan fingerprint density at radius 1 is 1.37 bits per heavy atom. The lowest BCUT2D eigenvalue weighted by atomic mass is 10.0. The minimum Gasteiger partial charge on any atom is -0.310 e. The predicted octanol–water partition coefficient (Wildman–Crippen LogP) is 5.37. The summed E-state index contributed by atoms with van der Waals surface area (Å²) in [7, 11) is 0. The second-order valence-electron chi connectivity index (χ2n) is 4.57. The summed E-state index contributed by atoms with van der Waals surface area (Å²) in [6.07, 6.45) is 0.978. The lowest BCUT2D eigenvalue weighted by Crippen LogP contribution is -2.22. The van der Waals surface area contributed by atoms with Gasteiger partial charge in [-0.2, -0.15) is 0 Å². The first-order chi connectivity index (χ1) is 9.10. The molecule has 0 aliphatic carbocycles. The standard InChI is InChI=1S/C15H17BrClNS/c1-3-18-14(9-15-13(16)4-5-19-15)11-6-10(2)7-12(17)8-11/h4-8,14,18H,3,9H2,1-2H3. The van der Waals surface area contributed by atoms with Crippen LogP contribution in [-0.2, 0) is 6.42 Å². The monoisotopic (exact) mass is 357 g/mol. The van der Waals surface area contributed by atoms with Crippen molar-refractivity contribution >= 4 is 38.9 Å². The third-order valence-corrected chi connectivity index (χ3v) is 5.16. The maximum Gasteiger partial charge on any atom is 0.0411 e. The first-order valence-electron chi connectivity index (χ1n) is 6.32. The van der Waals surface area contributed by atoms with Crippen LogP contribution in [0.15, 0.2) is 34.1 Å². The summed E-state index contributed by atoms with van der Waals surface area (Å²) in [5.74, 6) is 0. The van der Waals surface area contributed by atoms with Crippen molar-refractivity contribution < 1.29 is 0 Å². The molecule has 0 saturated heterocycles. The molecule has 1 unspecified atom stereocenters. The van der Waals surface area contributed by atoms with Gasteiger partial charge in [0.15, 0.2) is 0 Å². The van der Waals surface area contributed by atoms with Crippen molar-refractivity contribution in [1.82, 2.24) is 5.32 Å². The van der Waals surface area contributed by atoms with Crippen LogP contribution in [0.2, 0.25) is 5.02 Å². The number of thiophene rings is 1. The first kappa shape index (κ1) is 15.0. The van der Waals surface area contributed by atoms with Crippen molar-refractivity contribution in [2.24, 2.45) is 0 Å². The second kappa shape index (κ2) is 6.89. The van der Waals surface area contributed by atoms with Gasteiger partial charge in [0.05, 0.1) is 0 Å². The highest BCUT2D eigenvalue weighted by Crippen LogP contribution is 2.29. The maximum atomic E-state index is 6.17. The zero-order valence-corrected chi connectivity index (χ0v) is 14.2. The van der Waals surface area contributed by atoms with Crippen molar-refractivity contribution in [2.75, 3.05) is 6.54 Å². The lowest BCUT2D eigenvalue weighted by molar-refractivity contribution is 0.552. The second-order valence-corrected chi connectivity index (χ2v) is 6.86. The van der Waals surface area contributed by atoms with Crippen molar-refractivity contribution in [3.05, 3.63) is 55.1 Å². The smallest absolute Gasteiger partial charge is 0.0411 e. The quantitative estimate of drug-likeness (QED) is 0.758. The molecule has 1 heterocycles. The Bertz CT molecular complexity index is 533. The minimum atomic E-state index is 0.303. The predicted molar refractivity (Wildman–Crippen MR) is 88.3 cm³/mol. The van der Waals surface area contributed by atoms with Crippen molar-refractivity contribution in [3.8, 4) is 0 Å². The molecule has 1 aromatic heterocycles. The van der Waals surface area contributed by atoms with Gasteiger partial charge in [0, 0.05) is 26.8 Å². The number of benzene rings is 1. The fourth-order valence-electron chi connectivity index (χ4n) is 2.18. The van der Waals surface area contributed by atoms with Gasteiger partial charge in [0.2, 0.25) is 0 Å². The van der Waals surface area contributed by atoms with Gasteiger partial charge in [0.1, 0.15) is 0 Å². The van der Waals surface area contributed by atoms with Gasteiger partial charge < -0.3 is 5.32 Å². The SMILES string of the molecule is CCNC(Cc1sccc1Br)c1cc(C)cc(Cl)c1. The molecule has 0 fully saturated rings. The number of aryl methyl sites for hydroxylation is 1. The van der Waals surface area contributed by atoms with Crippen LogP contribution >= 0.6 is 38.9 Å². The molecular weight excluding hydrogens is 342 g/mol. The van der Waals surface area contributed by atoms with Gasteiger partial charge >= 0.3 is 0 Å². The molecule has 1 nitrogen and oxygen atoms in total. The summed E-state index contributed by atoms with van der Waals surface area (Å²) < 4.78 is 1.19. The van der Waals surface area contributed by atoms with E-state index < -0.39 is 0 Å². The summed E-state index contributed by atoms with van der Waals surface area (Å²) in [5, 5.41) is 6.47. The van der Waals surface area contributed by atoms with E-state index in [1.807, 2.05) is 6.07 Å². The van der Waals surface area contributed by atoms with E-state index in [-0.39, 0.29) is 0 Å². The number of rotatable bonds is 5. The van der Waals surface area contributed by atoms with Crippen LogP contribution in [0.3, 0.4) is 0 Å². The molecule has 0 saturated carbocycles. The van der Waals surface area contributed by atoms with E-state index in [0.717, 1.165) is 18.0 Å². The molecule has 1 N–H and O–H groups in total. The normalized spacial score (nSPS) is 12.6. The molecular formula is C15H17BrClNS. The molecule has 19 heavy (non-hydrogen) atoms. The van der Waals surface area contributed by atoms with E-state index in [4.69, 9.17) is 11.6 Å². The Hall–Kier alpha value is -0.350. The summed E-state index contributed by atoms with van der Waals surface area (Å²) in [5.41, 5.74) is 2.46. The Labute approximate surface area is 132 Å². The van der Waals surface area contributed by atoms with E-state index in [9.17, 15) is 0 Å². The molecule has 2 aromatic rings. The Morgan fingerprint density at radius 3 is 2.74 bits per heavy atom. The van der Waals surface area contributed by atoms with E-state index in [2.05, 4.69) is 58.7 Å². The van der Waals surface area contributed by atoms with Crippen LogP contribution in [0.4, 0.5) is 0 Å². The molecule has 102 valence electrons. The highest BCUT2D eigenvalue weighted by molar-refractivity contribution is 9.10. The molecule has 0 amide bonds. The number of hydrogen-bond donors (Lipinski definition) is 1. The molecule has 0 bridgehead atoms. The van der Waals surface area contributed by atoms with Gasteiger partial charge in [-0.05, 0) is 64.1 Å². The number of halogens is 2. The Kier molecular flexibility index (Phi) is 5.46. The van der Waals surface area contributed by atoms with Crippen LogP contribution in [-0.4, -0.2) is 6.54 Å². The molecule has 1 atom stereocenters. The summed E-state index contributed by atoms with van der Waals surface area (Å²) >= 11 is 11.6. The van der Waals surface area contributed by atoms with E-state index in [0.29, 0.717) is 6.04 Å². The van der Waals surface area contributed by atoms with Crippen molar-refractivity contribution in [2.45, 2.75) is 26.3 Å². The number of nitrogens with one attached hydrogen (secondary N) is 1. The fraction of sp³-hybridized carbons (Fsp3) is 0.333. The number of likely N-dealkylation sites (N-methyl/N-ethyl adjacent to an activating group) is 1. The number of hydrogen-bond acceptors (Lipinski definition) is 2. The molecule has 2 rings (SSSR count). The van der Waals surface area contributed by atoms with E-state index in [1.165, 1.54) is 20.5 Å². The highest BCUT2D eigenvalue weighted by atomic mass is 79.9. The summed E-state index contributed by atoms with van der Waals surface area (Å²) in [6, 6.07) is 8.67. The topological polar surface area (TPSA) is 12.0 Å². The largest absolute Gasteiger partial charge is 0.310 e. The summed E-state index contributed by atoms with van der Waals surface area (Å²) in [4.78, 5) is 1.36. The first-order valence-corrected chi connectivity index (χ1v) is 8.37. The average Bonchev–Trinajstić information content (AvgIpc) is 2.73. The van der Waals surface area contributed by atoms with Crippen molar-refractivity contribution in [3.63, 3.8) is 0 Å². The molecule has 1 aromatic carbocycles. The molecule has 0 spiro atoms. The third kappa shape index (κ3) is 4.06. The third-order valence-electron chi connectivity index (χ3n) is 3.00. The summed E-state index contributed by atoms with van der Waals surface area (Å²) in [6.45, 7) is 5.16. The van der Waals surface area contributed by atoms with Gasteiger partial charge in [-0.1, -0.05) is 24.6 Å². The van der Waals surface area contributed by atoms with Crippen LogP contribution in [0.25, 0.3) is 0 Å². The lowest BCUT2D eigenvalue weighted by Gasteiger charge is -2.19. The van der Waals surface area contributed by atoms with Gasteiger partial charge in [-0.25, -0.2) is 0 Å². The highest BCUT2D eigenvalue weighted by Gasteiger charge is 2.14. The van der Waals surface area contributed by atoms with Crippen LogP contribution in [0.1, 0.15) is 29.0 Å². The van der Waals surface area contributed by atoms with Gasteiger partial charge in [-0.3, -0.25) is 0 Å². The van der Waals surface area contributed by atoms with Crippen LogP contribution in [0.5, 0.6) is 0 Å². The fourth-order valence-corrected chi connectivity index (χ4v) is 4.04. The maximum absolute atomic E-state index is 6.17. The average molecular weight is 359 g/mol. The Morgan fingerprint density at radius 2 is 2.16 bits per heavy atom. The minimum absolute atomic E-state index is 0.303. The van der Waals surface area contributed by atoms with Gasteiger partial charge in [0.25, 0.3) is 0 Å². The van der Waals surface area contributed by atoms with Gasteiger partial charge in [-0.15, -0.1) is 11.3 Å². The van der Waals surface area contributed by atoms with Crippen LogP contribution in [0, 0.1) is 6.92 Å². The van der Waals surface area contributed by atoms with E-state index in [1.54, 1.807) is 11.3 Å². The van der Waals surface area contributed by atoms with Crippen LogP contribution < -0.4 is 5.32 Å². The molecule has 0 radical (unpaired) electrons. The van der Waals surface area contributed by atoms with Crippen molar-refractivity contribution in [1.29, 1.82) is 0 Å². The zero-order valence-electron chi connectivity index (χ0n) is 11.0.